The lowest BCUT2D eigenvalue weighted by atomic mass is 10.1. The summed E-state index contributed by atoms with van der Waals surface area (Å²) in [7, 11) is 1.60. The van der Waals surface area contributed by atoms with Crippen LogP contribution in [0.5, 0.6) is 5.75 Å². The molecule has 21 heavy (non-hydrogen) atoms. The third-order valence-corrected chi connectivity index (χ3v) is 3.59. The number of rotatable bonds is 5. The lowest BCUT2D eigenvalue weighted by molar-refractivity contribution is 0.0833. The van der Waals surface area contributed by atoms with Crippen LogP contribution in [0, 0.1) is 0 Å². The molecule has 0 aromatic heterocycles. The Balaban J connectivity index is 1.77. The van der Waals surface area contributed by atoms with Crippen molar-refractivity contribution >= 4 is 11.8 Å². The molecule has 116 valence electrons. The Morgan fingerprint density at radius 3 is 2.81 bits per heavy atom. The van der Waals surface area contributed by atoms with Crippen molar-refractivity contribution in [3.05, 3.63) is 24.3 Å². The molecule has 1 amide bonds. The molecule has 1 aliphatic heterocycles. The number of nitrogens with zero attached hydrogens (tertiary/aromatic N) is 1. The molecule has 2 rings (SSSR count). The van der Waals surface area contributed by atoms with Crippen LogP contribution in [0.3, 0.4) is 0 Å². The van der Waals surface area contributed by atoms with Gasteiger partial charge < -0.3 is 9.47 Å². The van der Waals surface area contributed by atoms with Crippen LogP contribution in [0.15, 0.2) is 24.3 Å². The van der Waals surface area contributed by atoms with Gasteiger partial charge in [-0.25, -0.2) is 4.79 Å². The molecule has 0 bridgehead atoms. The lowest BCUT2D eigenvalue weighted by Gasteiger charge is -2.28. The molecule has 1 fully saturated rings. The van der Waals surface area contributed by atoms with Gasteiger partial charge in [0.1, 0.15) is 11.9 Å². The van der Waals surface area contributed by atoms with Gasteiger partial charge in [-0.2, -0.15) is 0 Å². The molecule has 1 aliphatic rings. The monoisotopic (exact) mass is 292 g/mol. The average molecular weight is 292 g/mol. The van der Waals surface area contributed by atoms with E-state index in [0.29, 0.717) is 11.4 Å². The van der Waals surface area contributed by atoms with Crippen LogP contribution in [0.1, 0.15) is 26.2 Å². The third kappa shape index (κ3) is 5.27. The number of anilines is 1. The van der Waals surface area contributed by atoms with Crippen molar-refractivity contribution in [2.75, 3.05) is 32.1 Å². The quantitative estimate of drug-likeness (QED) is 0.906. The van der Waals surface area contributed by atoms with Crippen LogP contribution in [-0.2, 0) is 4.74 Å². The number of ether oxygens (including phenoxy) is 2. The molecule has 1 aromatic carbocycles. The van der Waals surface area contributed by atoms with Gasteiger partial charge in [-0.1, -0.05) is 12.5 Å². The van der Waals surface area contributed by atoms with Crippen LogP contribution in [0.4, 0.5) is 10.5 Å². The molecule has 0 unspecified atom stereocenters. The zero-order chi connectivity index (χ0) is 15.1. The molecule has 0 aliphatic carbocycles. The maximum absolute atomic E-state index is 11.9. The summed E-state index contributed by atoms with van der Waals surface area (Å²) >= 11 is 0. The average Bonchev–Trinajstić information content (AvgIpc) is 2.48. The number of amides is 1. The summed E-state index contributed by atoms with van der Waals surface area (Å²) < 4.78 is 10.5. The van der Waals surface area contributed by atoms with Gasteiger partial charge in [-0.05, 0) is 45.0 Å². The summed E-state index contributed by atoms with van der Waals surface area (Å²) in [6.07, 6.45) is 3.24. The van der Waals surface area contributed by atoms with E-state index in [2.05, 4.69) is 10.2 Å². The highest BCUT2D eigenvalue weighted by atomic mass is 16.6. The van der Waals surface area contributed by atoms with Crippen LogP contribution in [-0.4, -0.2) is 43.8 Å². The van der Waals surface area contributed by atoms with Gasteiger partial charge in [-0.3, -0.25) is 10.2 Å². The van der Waals surface area contributed by atoms with Crippen molar-refractivity contribution < 1.29 is 14.3 Å². The van der Waals surface area contributed by atoms with E-state index < -0.39 is 6.09 Å². The number of carbonyl (C=O) groups excluding carboxylic acids is 1. The number of carbonyl (C=O) groups is 1. The fourth-order valence-electron chi connectivity index (χ4n) is 2.57. The molecular weight excluding hydrogens is 268 g/mol. The fraction of sp³-hybridized carbons (Fsp3) is 0.562. The number of hydrogen-bond donors (Lipinski definition) is 1. The number of nitrogens with one attached hydrogen (secondary N) is 1. The number of piperidine rings is 1. The maximum atomic E-state index is 11.9. The zero-order valence-corrected chi connectivity index (χ0v) is 12.8. The molecule has 0 radical (unpaired) electrons. The Morgan fingerprint density at radius 1 is 1.33 bits per heavy atom. The van der Waals surface area contributed by atoms with Crippen molar-refractivity contribution in [3.8, 4) is 5.75 Å². The first-order chi connectivity index (χ1) is 10.2. The predicted octanol–water partition coefficient (Wildman–Crippen LogP) is 3.12. The maximum Gasteiger partial charge on any atom is 0.411 e. The van der Waals surface area contributed by atoms with Gasteiger partial charge in [0.25, 0.3) is 0 Å². The minimum Gasteiger partial charge on any atom is -0.497 e. The van der Waals surface area contributed by atoms with E-state index in [0.717, 1.165) is 19.6 Å². The highest BCUT2D eigenvalue weighted by Crippen LogP contribution is 2.17. The molecule has 1 atom stereocenters. The fourth-order valence-corrected chi connectivity index (χ4v) is 2.57. The Kier molecular flexibility index (Phi) is 5.87. The van der Waals surface area contributed by atoms with Gasteiger partial charge in [0.15, 0.2) is 0 Å². The van der Waals surface area contributed by atoms with Crippen molar-refractivity contribution in [2.24, 2.45) is 0 Å². The molecule has 5 heteroatoms. The lowest BCUT2D eigenvalue weighted by Crippen LogP contribution is -2.37. The first-order valence-electron chi connectivity index (χ1n) is 7.51. The van der Waals surface area contributed by atoms with Crippen LogP contribution in [0.25, 0.3) is 0 Å². The van der Waals surface area contributed by atoms with Crippen molar-refractivity contribution in [2.45, 2.75) is 32.3 Å². The third-order valence-electron chi connectivity index (χ3n) is 3.59. The van der Waals surface area contributed by atoms with Crippen LogP contribution in [0.2, 0.25) is 0 Å². The highest BCUT2D eigenvalue weighted by molar-refractivity contribution is 5.84. The molecule has 1 heterocycles. The minimum absolute atomic E-state index is 0.117. The predicted molar refractivity (Wildman–Crippen MR) is 82.9 cm³/mol. The Labute approximate surface area is 126 Å². The van der Waals surface area contributed by atoms with Gasteiger partial charge >= 0.3 is 6.09 Å². The summed E-state index contributed by atoms with van der Waals surface area (Å²) in [5, 5.41) is 2.73. The second-order valence-electron chi connectivity index (χ2n) is 5.43. The van der Waals surface area contributed by atoms with Crippen LogP contribution >= 0.6 is 0 Å². The topological polar surface area (TPSA) is 50.8 Å². The van der Waals surface area contributed by atoms with E-state index in [1.165, 1.54) is 19.3 Å². The molecule has 0 saturated carbocycles. The normalized spacial score (nSPS) is 17.0. The Hall–Kier alpha value is -1.75. The molecule has 1 saturated heterocycles. The summed E-state index contributed by atoms with van der Waals surface area (Å²) in [6.45, 7) is 4.93. The number of methoxy groups -OCH3 is 1. The summed E-state index contributed by atoms with van der Waals surface area (Å²) in [5.74, 6) is 0.703. The van der Waals surface area contributed by atoms with E-state index in [1.54, 1.807) is 19.2 Å². The molecule has 1 aromatic rings. The van der Waals surface area contributed by atoms with E-state index in [4.69, 9.17) is 9.47 Å². The zero-order valence-electron chi connectivity index (χ0n) is 12.8. The SMILES string of the molecule is COc1cccc(NC(=O)O[C@H](C)CN2CCCCC2)c1. The highest BCUT2D eigenvalue weighted by Gasteiger charge is 2.16. The first-order valence-corrected chi connectivity index (χ1v) is 7.51. The summed E-state index contributed by atoms with van der Waals surface area (Å²) in [4.78, 5) is 14.2. The van der Waals surface area contributed by atoms with E-state index in [-0.39, 0.29) is 6.10 Å². The molecule has 0 spiro atoms. The number of hydrogen-bond acceptors (Lipinski definition) is 4. The minimum atomic E-state index is -0.423. The second-order valence-corrected chi connectivity index (χ2v) is 5.43. The second kappa shape index (κ2) is 7.88. The van der Waals surface area contributed by atoms with Crippen molar-refractivity contribution in [1.29, 1.82) is 0 Å². The Bertz CT molecular complexity index is 459. The van der Waals surface area contributed by atoms with E-state index in [1.807, 2.05) is 19.1 Å². The number of likely N-dealkylation sites (tertiary alicyclic amines) is 1. The van der Waals surface area contributed by atoms with Crippen molar-refractivity contribution in [1.82, 2.24) is 4.90 Å². The van der Waals surface area contributed by atoms with E-state index in [9.17, 15) is 4.79 Å². The molecule has 1 N–H and O–H groups in total. The van der Waals surface area contributed by atoms with E-state index >= 15 is 0 Å². The largest absolute Gasteiger partial charge is 0.497 e. The first kappa shape index (κ1) is 15.6. The van der Waals surface area contributed by atoms with Crippen molar-refractivity contribution in [3.63, 3.8) is 0 Å². The molecular formula is C16H24N2O3. The van der Waals surface area contributed by atoms with Gasteiger partial charge in [0, 0.05) is 18.3 Å². The van der Waals surface area contributed by atoms with Gasteiger partial charge in [0.2, 0.25) is 0 Å². The molecule has 5 nitrogen and oxygen atoms in total. The summed E-state index contributed by atoms with van der Waals surface area (Å²) in [6, 6.07) is 7.22. The van der Waals surface area contributed by atoms with Crippen LogP contribution < -0.4 is 10.1 Å². The summed E-state index contributed by atoms with van der Waals surface area (Å²) in [5.41, 5.74) is 0.671. The standard InChI is InChI=1S/C16H24N2O3/c1-13(12-18-9-4-3-5-10-18)21-16(19)17-14-7-6-8-15(11-14)20-2/h6-8,11,13H,3-5,9-10,12H2,1-2H3,(H,17,19)/t13-/m1/s1. The smallest absolute Gasteiger partial charge is 0.411 e. The van der Waals surface area contributed by atoms with Gasteiger partial charge in [-0.15, -0.1) is 0 Å². The van der Waals surface area contributed by atoms with Gasteiger partial charge in [0.05, 0.1) is 7.11 Å². The Morgan fingerprint density at radius 2 is 2.10 bits per heavy atom. The number of benzene rings is 1.